The molecule has 0 aliphatic rings. The molecule has 0 atom stereocenters. The molecule has 0 bridgehead atoms. The summed E-state index contributed by atoms with van der Waals surface area (Å²) < 4.78 is 38.2. The third-order valence-electron chi connectivity index (χ3n) is 7.32. The van der Waals surface area contributed by atoms with Crippen LogP contribution in [0, 0.1) is 0 Å². The van der Waals surface area contributed by atoms with E-state index in [-0.39, 0.29) is 21.4 Å². The van der Waals surface area contributed by atoms with E-state index in [9.17, 15) is 18.0 Å². The summed E-state index contributed by atoms with van der Waals surface area (Å²) in [7, 11) is -3.90. The van der Waals surface area contributed by atoms with Gasteiger partial charge in [0.1, 0.15) is 23.0 Å². The molecule has 0 amide bonds. The highest BCUT2D eigenvalue weighted by molar-refractivity contribution is 7.91. The Kier molecular flexibility index (Phi) is 8.55. The Morgan fingerprint density at radius 1 is 0.383 bits per heavy atom. The van der Waals surface area contributed by atoms with E-state index in [1.54, 1.807) is 97.1 Å². The van der Waals surface area contributed by atoms with E-state index in [2.05, 4.69) is 0 Å². The average molecular weight is 641 g/mol. The van der Waals surface area contributed by atoms with Crippen LogP contribution in [-0.2, 0) is 9.84 Å². The first-order valence-corrected chi connectivity index (χ1v) is 16.0. The standard InChI is InChI=1S/C38H28N2O6S/c39-29-9-17-33(18-10-29)45-31-13-1-25(2-14-31)37(41)27-5-21-35(22-6-27)47(43,44)36-23-7-28(8-24-36)38(42)26-3-15-32(16-4-26)46-34-19-11-30(40)12-20-34/h1-24H,39-40H2. The number of anilines is 2. The van der Waals surface area contributed by atoms with Crippen LogP contribution in [0.2, 0.25) is 0 Å². The first-order chi connectivity index (χ1) is 22.7. The van der Waals surface area contributed by atoms with Gasteiger partial charge in [0.2, 0.25) is 9.84 Å². The van der Waals surface area contributed by atoms with Crippen LogP contribution >= 0.6 is 0 Å². The fourth-order valence-corrected chi connectivity index (χ4v) is 5.99. The highest BCUT2D eigenvalue weighted by Crippen LogP contribution is 2.27. The number of nitrogens with two attached hydrogens (primary N) is 2. The molecule has 9 heteroatoms. The van der Waals surface area contributed by atoms with Crippen molar-refractivity contribution < 1.29 is 27.5 Å². The molecular weight excluding hydrogens is 612 g/mol. The van der Waals surface area contributed by atoms with Crippen LogP contribution in [0.1, 0.15) is 31.8 Å². The number of sulfone groups is 1. The molecule has 0 unspecified atom stereocenters. The van der Waals surface area contributed by atoms with Crippen LogP contribution in [0.3, 0.4) is 0 Å². The molecule has 6 rings (SSSR count). The van der Waals surface area contributed by atoms with Crippen LogP contribution in [0.15, 0.2) is 155 Å². The zero-order chi connectivity index (χ0) is 33.0. The number of nitrogen functional groups attached to an aromatic ring is 2. The Morgan fingerprint density at radius 3 is 0.894 bits per heavy atom. The normalized spacial score (nSPS) is 11.1. The van der Waals surface area contributed by atoms with Gasteiger partial charge in [0.25, 0.3) is 0 Å². The van der Waals surface area contributed by atoms with Gasteiger partial charge in [0.15, 0.2) is 11.6 Å². The molecule has 232 valence electrons. The summed E-state index contributed by atoms with van der Waals surface area (Å²) in [6.07, 6.45) is 0. The van der Waals surface area contributed by atoms with Crippen molar-refractivity contribution in [3.8, 4) is 23.0 Å². The number of hydrogen-bond acceptors (Lipinski definition) is 8. The molecule has 0 fully saturated rings. The maximum absolute atomic E-state index is 13.3. The van der Waals surface area contributed by atoms with Crippen molar-refractivity contribution in [2.24, 2.45) is 0 Å². The molecule has 0 radical (unpaired) electrons. The minimum atomic E-state index is -3.90. The van der Waals surface area contributed by atoms with Crippen molar-refractivity contribution in [1.29, 1.82) is 0 Å². The summed E-state index contributed by atoms with van der Waals surface area (Å²) in [5, 5.41) is 0. The van der Waals surface area contributed by atoms with Crippen LogP contribution in [0.5, 0.6) is 23.0 Å². The maximum Gasteiger partial charge on any atom is 0.206 e. The van der Waals surface area contributed by atoms with E-state index in [0.29, 0.717) is 56.6 Å². The minimum absolute atomic E-state index is 0.0251. The molecule has 0 heterocycles. The minimum Gasteiger partial charge on any atom is -0.457 e. The molecule has 0 aromatic heterocycles. The van der Waals surface area contributed by atoms with Gasteiger partial charge in [0, 0.05) is 33.6 Å². The third-order valence-corrected chi connectivity index (χ3v) is 9.10. The van der Waals surface area contributed by atoms with Gasteiger partial charge in [-0.1, -0.05) is 0 Å². The fourth-order valence-electron chi connectivity index (χ4n) is 4.73. The number of carbonyl (C=O) groups excluding carboxylic acids is 2. The van der Waals surface area contributed by atoms with Crippen LogP contribution in [0.4, 0.5) is 11.4 Å². The van der Waals surface area contributed by atoms with Crippen molar-refractivity contribution in [3.63, 3.8) is 0 Å². The molecule has 6 aromatic carbocycles. The van der Waals surface area contributed by atoms with Gasteiger partial charge in [-0.25, -0.2) is 8.42 Å². The summed E-state index contributed by atoms with van der Waals surface area (Å²) in [4.78, 5) is 26.2. The van der Waals surface area contributed by atoms with Crippen LogP contribution < -0.4 is 20.9 Å². The maximum atomic E-state index is 13.3. The second-order valence-corrected chi connectivity index (χ2v) is 12.6. The van der Waals surface area contributed by atoms with E-state index in [4.69, 9.17) is 20.9 Å². The second-order valence-electron chi connectivity index (χ2n) is 10.6. The lowest BCUT2D eigenvalue weighted by atomic mass is 10.0. The molecule has 6 aromatic rings. The molecule has 0 saturated carbocycles. The predicted octanol–water partition coefficient (Wildman–Crippen LogP) is 7.73. The van der Waals surface area contributed by atoms with Crippen LogP contribution in [-0.4, -0.2) is 20.0 Å². The second kappa shape index (κ2) is 13.0. The van der Waals surface area contributed by atoms with E-state index in [0.717, 1.165) is 0 Å². The Labute approximate surface area is 271 Å². The largest absolute Gasteiger partial charge is 0.457 e. The number of rotatable bonds is 10. The zero-order valence-electron chi connectivity index (χ0n) is 24.9. The van der Waals surface area contributed by atoms with Gasteiger partial charge >= 0.3 is 0 Å². The lowest BCUT2D eigenvalue weighted by Gasteiger charge is -2.09. The molecule has 47 heavy (non-hydrogen) atoms. The molecule has 0 saturated heterocycles. The quantitative estimate of drug-likeness (QED) is 0.115. The highest BCUT2D eigenvalue weighted by atomic mass is 32.2. The van der Waals surface area contributed by atoms with Crippen molar-refractivity contribution >= 4 is 32.8 Å². The average Bonchev–Trinajstić information content (AvgIpc) is 3.10. The summed E-state index contributed by atoms with van der Waals surface area (Å²) in [6.45, 7) is 0. The monoisotopic (exact) mass is 640 g/mol. The van der Waals surface area contributed by atoms with E-state index < -0.39 is 9.84 Å². The van der Waals surface area contributed by atoms with Crippen molar-refractivity contribution in [3.05, 3.63) is 168 Å². The SMILES string of the molecule is Nc1ccc(Oc2ccc(C(=O)c3ccc(S(=O)(=O)c4ccc(C(=O)c5ccc(Oc6ccc(N)cc6)cc5)cc4)cc3)cc2)cc1. The summed E-state index contributed by atoms with van der Waals surface area (Å²) >= 11 is 0. The summed E-state index contributed by atoms with van der Waals surface area (Å²) in [6, 6.07) is 38.7. The van der Waals surface area contributed by atoms with Crippen molar-refractivity contribution in [2.45, 2.75) is 9.79 Å². The molecule has 0 spiro atoms. The van der Waals surface area contributed by atoms with E-state index in [1.807, 2.05) is 0 Å². The summed E-state index contributed by atoms with van der Waals surface area (Å²) in [5.41, 5.74) is 14.2. The lowest BCUT2D eigenvalue weighted by Crippen LogP contribution is -2.06. The van der Waals surface area contributed by atoms with Crippen LogP contribution in [0.25, 0.3) is 0 Å². The Bertz CT molecular complexity index is 1990. The number of ether oxygens (including phenoxy) is 2. The molecule has 0 aliphatic carbocycles. The molecule has 8 nitrogen and oxygen atoms in total. The molecular formula is C38H28N2O6S. The van der Waals surface area contributed by atoms with Crippen molar-refractivity contribution in [2.75, 3.05) is 11.5 Å². The number of benzene rings is 6. The van der Waals surface area contributed by atoms with Gasteiger partial charge in [0.05, 0.1) is 9.79 Å². The zero-order valence-corrected chi connectivity index (χ0v) is 25.7. The summed E-state index contributed by atoms with van der Waals surface area (Å²) in [5.74, 6) is 1.81. The lowest BCUT2D eigenvalue weighted by molar-refractivity contribution is 0.103. The van der Waals surface area contributed by atoms with Gasteiger partial charge in [-0.2, -0.15) is 0 Å². The molecule has 0 aliphatic heterocycles. The Balaban J connectivity index is 1.10. The number of hydrogen-bond donors (Lipinski definition) is 2. The van der Waals surface area contributed by atoms with Gasteiger partial charge in [-0.3, -0.25) is 9.59 Å². The van der Waals surface area contributed by atoms with Gasteiger partial charge in [-0.15, -0.1) is 0 Å². The van der Waals surface area contributed by atoms with Crippen molar-refractivity contribution in [1.82, 2.24) is 0 Å². The Morgan fingerprint density at radius 2 is 0.617 bits per heavy atom. The smallest absolute Gasteiger partial charge is 0.206 e. The third kappa shape index (κ3) is 7.06. The first-order valence-electron chi connectivity index (χ1n) is 14.5. The predicted molar refractivity (Wildman–Crippen MR) is 180 cm³/mol. The number of ketones is 2. The first kappa shape index (κ1) is 30.8. The van der Waals surface area contributed by atoms with Gasteiger partial charge < -0.3 is 20.9 Å². The fraction of sp³-hybridized carbons (Fsp3) is 0. The molecule has 4 N–H and O–H groups in total. The number of carbonyl (C=O) groups is 2. The highest BCUT2D eigenvalue weighted by Gasteiger charge is 2.20. The van der Waals surface area contributed by atoms with E-state index >= 15 is 0 Å². The Hall–Kier alpha value is -6.19. The van der Waals surface area contributed by atoms with Gasteiger partial charge in [-0.05, 0) is 146 Å². The van der Waals surface area contributed by atoms with E-state index in [1.165, 1.54) is 48.5 Å². The topological polar surface area (TPSA) is 139 Å².